The number of fused-ring (bicyclic) bond motifs is 5. The monoisotopic (exact) mass is 456 g/mol. The average molecular weight is 457 g/mol. The van der Waals surface area contributed by atoms with Crippen molar-refractivity contribution in [1.82, 2.24) is 0 Å². The fourth-order valence-electron chi connectivity index (χ4n) is 5.78. The lowest BCUT2D eigenvalue weighted by Crippen LogP contribution is -2.43. The second-order valence-electron chi connectivity index (χ2n) is 8.70. The van der Waals surface area contributed by atoms with Gasteiger partial charge in [0.1, 0.15) is 0 Å². The summed E-state index contributed by atoms with van der Waals surface area (Å²) >= 11 is 0. The third kappa shape index (κ3) is 5.47. The molecule has 1 fully saturated rings. The van der Waals surface area contributed by atoms with Gasteiger partial charge in [-0.3, -0.25) is 14.4 Å². The number of carbonyl (C=O) groups is 3. The summed E-state index contributed by atoms with van der Waals surface area (Å²) in [6.45, 7) is 17.6. The van der Waals surface area contributed by atoms with E-state index >= 15 is 0 Å². The van der Waals surface area contributed by atoms with Gasteiger partial charge in [-0.1, -0.05) is 77.8 Å². The number of rotatable bonds is 3. The zero-order valence-corrected chi connectivity index (χ0v) is 22.2. The Kier molecular flexibility index (Phi) is 10.7. The van der Waals surface area contributed by atoms with Crippen molar-refractivity contribution in [3.05, 3.63) is 47.1 Å². The molecule has 0 aromatic rings. The van der Waals surface area contributed by atoms with Gasteiger partial charge in [-0.15, -0.1) is 0 Å². The molecule has 0 saturated heterocycles. The maximum absolute atomic E-state index is 12.7. The highest BCUT2D eigenvalue weighted by atomic mass is 16.5. The quantitative estimate of drug-likeness (QED) is 0.340. The van der Waals surface area contributed by atoms with Crippen LogP contribution in [-0.4, -0.2) is 24.1 Å². The highest BCUT2D eigenvalue weighted by molar-refractivity contribution is 6.01. The molecule has 0 amide bonds. The molecule has 4 rings (SSSR count). The SMILES string of the molecule is CC.CC.CC.CC(=O)OCC(=O)C1=CCC2C3CCC4=CC(=O)C=CC4(C)C3=CCC12C. The third-order valence-electron chi connectivity index (χ3n) is 7.24. The van der Waals surface area contributed by atoms with Gasteiger partial charge in [0.25, 0.3) is 0 Å². The number of Topliss-reactive ketones (excluding diaryl/α,β-unsaturated/α-hetero) is 1. The molecule has 4 aliphatic carbocycles. The molecular weight excluding hydrogens is 412 g/mol. The molecule has 0 bridgehead atoms. The summed E-state index contributed by atoms with van der Waals surface area (Å²) < 4.78 is 4.95. The number of hydrogen-bond acceptors (Lipinski definition) is 4. The molecule has 4 aliphatic rings. The first kappa shape index (κ1) is 28.8. The Morgan fingerprint density at radius 2 is 1.70 bits per heavy atom. The zero-order chi connectivity index (χ0) is 25.4. The van der Waals surface area contributed by atoms with Crippen molar-refractivity contribution in [2.75, 3.05) is 6.61 Å². The van der Waals surface area contributed by atoms with E-state index in [1.807, 2.05) is 47.6 Å². The molecule has 0 aromatic heterocycles. The zero-order valence-electron chi connectivity index (χ0n) is 22.2. The molecule has 1 saturated carbocycles. The maximum Gasteiger partial charge on any atom is 0.303 e. The van der Waals surface area contributed by atoms with E-state index in [1.54, 1.807) is 6.08 Å². The normalized spacial score (nSPS) is 30.6. The highest BCUT2D eigenvalue weighted by Gasteiger charge is 2.54. The molecule has 4 heteroatoms. The van der Waals surface area contributed by atoms with Gasteiger partial charge in [-0.2, -0.15) is 0 Å². The van der Waals surface area contributed by atoms with Crippen LogP contribution in [-0.2, 0) is 19.1 Å². The predicted octanol–water partition coefficient (Wildman–Crippen LogP) is 6.96. The van der Waals surface area contributed by atoms with Crippen LogP contribution in [0.4, 0.5) is 0 Å². The molecule has 33 heavy (non-hydrogen) atoms. The highest BCUT2D eigenvalue weighted by Crippen LogP contribution is 2.62. The van der Waals surface area contributed by atoms with Crippen LogP contribution >= 0.6 is 0 Å². The van der Waals surface area contributed by atoms with Crippen LogP contribution in [0.15, 0.2) is 47.1 Å². The Hall–Kier alpha value is -2.23. The number of ketones is 2. The lowest BCUT2D eigenvalue weighted by atomic mass is 9.52. The van der Waals surface area contributed by atoms with Crippen molar-refractivity contribution in [2.45, 2.75) is 88.0 Å². The van der Waals surface area contributed by atoms with Gasteiger partial charge in [0.2, 0.25) is 0 Å². The Labute approximate surface area is 201 Å². The number of esters is 1. The molecule has 0 spiro atoms. The van der Waals surface area contributed by atoms with Crippen LogP contribution in [0.1, 0.15) is 88.0 Å². The van der Waals surface area contributed by atoms with Gasteiger partial charge in [0.15, 0.2) is 18.2 Å². The second kappa shape index (κ2) is 12.3. The third-order valence-corrected chi connectivity index (χ3v) is 7.24. The molecule has 0 heterocycles. The number of ether oxygens (including phenoxy) is 1. The minimum absolute atomic E-state index is 0.0715. The van der Waals surface area contributed by atoms with E-state index in [0.29, 0.717) is 11.8 Å². The van der Waals surface area contributed by atoms with Crippen LogP contribution in [0.3, 0.4) is 0 Å². The predicted molar refractivity (Wildman–Crippen MR) is 136 cm³/mol. The molecule has 0 N–H and O–H groups in total. The lowest BCUT2D eigenvalue weighted by Gasteiger charge is -2.51. The van der Waals surface area contributed by atoms with Gasteiger partial charge >= 0.3 is 5.97 Å². The first-order valence-corrected chi connectivity index (χ1v) is 12.8. The summed E-state index contributed by atoms with van der Waals surface area (Å²) in [6.07, 6.45) is 13.6. The van der Waals surface area contributed by atoms with E-state index in [-0.39, 0.29) is 29.0 Å². The topological polar surface area (TPSA) is 60.4 Å². The minimum Gasteiger partial charge on any atom is -0.457 e. The summed E-state index contributed by atoms with van der Waals surface area (Å²) in [5, 5.41) is 0. The van der Waals surface area contributed by atoms with Crippen molar-refractivity contribution in [3.63, 3.8) is 0 Å². The Morgan fingerprint density at radius 1 is 1.06 bits per heavy atom. The van der Waals surface area contributed by atoms with E-state index in [1.165, 1.54) is 18.1 Å². The van der Waals surface area contributed by atoms with E-state index in [0.717, 1.165) is 31.3 Å². The van der Waals surface area contributed by atoms with Crippen molar-refractivity contribution in [1.29, 1.82) is 0 Å². The Balaban J connectivity index is 0.000000841. The standard InChI is InChI=1S/C23H26O4.3C2H6/c1-14(24)27-13-21(26)20-7-6-18-17-5-4-15-12-16(25)8-10-22(15,2)19(17)9-11-23(18,20)3;3*1-2/h7-10,12,17-18H,4-6,11,13H2,1-3H3;3*1-2H3. The van der Waals surface area contributed by atoms with E-state index in [9.17, 15) is 14.4 Å². The maximum atomic E-state index is 12.7. The van der Waals surface area contributed by atoms with E-state index in [2.05, 4.69) is 32.1 Å². The largest absolute Gasteiger partial charge is 0.457 e. The van der Waals surface area contributed by atoms with Crippen molar-refractivity contribution < 1.29 is 19.1 Å². The summed E-state index contributed by atoms with van der Waals surface area (Å²) in [4.78, 5) is 35.6. The molecular formula is C29H44O4. The lowest BCUT2D eigenvalue weighted by molar-refractivity contribution is -0.145. The fourth-order valence-corrected chi connectivity index (χ4v) is 5.78. The summed E-state index contributed by atoms with van der Waals surface area (Å²) in [7, 11) is 0. The van der Waals surface area contributed by atoms with E-state index < -0.39 is 5.97 Å². The van der Waals surface area contributed by atoms with Crippen molar-refractivity contribution >= 4 is 17.5 Å². The van der Waals surface area contributed by atoms with Crippen LogP contribution in [0.5, 0.6) is 0 Å². The fraction of sp³-hybridized carbons (Fsp3) is 0.621. The number of allylic oxidation sites excluding steroid dienone is 7. The second-order valence-corrected chi connectivity index (χ2v) is 8.70. The molecule has 4 atom stereocenters. The van der Waals surface area contributed by atoms with Gasteiger partial charge in [0, 0.05) is 23.3 Å². The van der Waals surface area contributed by atoms with E-state index in [4.69, 9.17) is 4.74 Å². The summed E-state index contributed by atoms with van der Waals surface area (Å²) in [6, 6.07) is 0. The van der Waals surface area contributed by atoms with Crippen LogP contribution in [0.25, 0.3) is 0 Å². The minimum atomic E-state index is -0.423. The van der Waals surface area contributed by atoms with Crippen molar-refractivity contribution in [2.24, 2.45) is 22.7 Å². The van der Waals surface area contributed by atoms with Crippen LogP contribution in [0, 0.1) is 22.7 Å². The van der Waals surface area contributed by atoms with Gasteiger partial charge in [0.05, 0.1) is 0 Å². The molecule has 4 unspecified atom stereocenters. The van der Waals surface area contributed by atoms with Crippen molar-refractivity contribution in [3.8, 4) is 0 Å². The smallest absolute Gasteiger partial charge is 0.303 e. The first-order valence-electron chi connectivity index (χ1n) is 12.8. The van der Waals surface area contributed by atoms with Crippen LogP contribution in [0.2, 0.25) is 0 Å². The molecule has 0 aliphatic heterocycles. The molecule has 4 nitrogen and oxygen atoms in total. The molecule has 184 valence electrons. The Morgan fingerprint density at radius 3 is 2.30 bits per heavy atom. The summed E-state index contributed by atoms with van der Waals surface area (Å²) in [5.74, 6) is 0.394. The van der Waals surface area contributed by atoms with Gasteiger partial charge in [-0.05, 0) is 56.6 Å². The average Bonchev–Trinajstić information content (AvgIpc) is 3.19. The van der Waals surface area contributed by atoms with Gasteiger partial charge in [-0.25, -0.2) is 0 Å². The van der Waals surface area contributed by atoms with Crippen LogP contribution < -0.4 is 0 Å². The van der Waals surface area contributed by atoms with Gasteiger partial charge < -0.3 is 4.74 Å². The first-order chi connectivity index (χ1) is 15.8. The number of carbonyl (C=O) groups excluding carboxylic acids is 3. The summed E-state index contributed by atoms with van der Waals surface area (Å²) in [5.41, 5.74) is 3.09. The molecule has 0 radical (unpaired) electrons. The molecule has 0 aromatic carbocycles. The Bertz CT molecular complexity index is 857. The number of hydrogen-bond donors (Lipinski definition) is 0.